The lowest BCUT2D eigenvalue weighted by Gasteiger charge is -2.29. The number of hydrogen-bond donors (Lipinski definition) is 3. The fraction of sp³-hybridized carbons (Fsp3) is 0.778. The molecule has 0 saturated carbocycles. The van der Waals surface area contributed by atoms with E-state index in [4.69, 9.17) is 19.1 Å². The standard InChI is InChI=1S/C14H23N3O5.C13H21N3O6/c1-14(2,3)22-11(18)8-21-15-12(19)10-6-5-9-7-17(10)13(20)16(9)4;1-13(2,3)22-10(17)7-21-14-11(18)9-5-4-8-6-15(9)12(19)16(8)20/h9-10H,5-8H2,1-4H3,(H,15,19);8-9,20H,4-7H2,1-3H3,(H,14,18)/t9-,10+;8-,9+/m11/s1. The van der Waals surface area contributed by atoms with Gasteiger partial charge in [0.1, 0.15) is 23.3 Å². The minimum atomic E-state index is -0.709. The predicted octanol–water partition coefficient (Wildman–Crippen LogP) is 0.308. The van der Waals surface area contributed by atoms with Gasteiger partial charge in [-0.05, 0) is 67.2 Å². The number of fused-ring (bicyclic) bond motifs is 4. The maximum Gasteiger partial charge on any atom is 0.344 e. The lowest BCUT2D eigenvalue weighted by atomic mass is 10.0. The summed E-state index contributed by atoms with van der Waals surface area (Å²) in [6.45, 7) is 10.5. The van der Waals surface area contributed by atoms with E-state index in [0.717, 1.165) is 6.42 Å². The van der Waals surface area contributed by atoms with Crippen molar-refractivity contribution in [2.24, 2.45) is 0 Å². The van der Waals surface area contributed by atoms with Crippen LogP contribution >= 0.6 is 0 Å². The Balaban J connectivity index is 0.000000240. The zero-order valence-electron chi connectivity index (χ0n) is 26.3. The predicted molar refractivity (Wildman–Crippen MR) is 149 cm³/mol. The Morgan fingerprint density at radius 3 is 1.59 bits per heavy atom. The van der Waals surface area contributed by atoms with Gasteiger partial charge >= 0.3 is 24.0 Å². The first-order valence-electron chi connectivity index (χ1n) is 14.5. The molecule has 4 bridgehead atoms. The number of hydroxylamine groups is 4. The second-order valence-corrected chi connectivity index (χ2v) is 13.0. The number of carbonyl (C=O) groups excluding carboxylic acids is 6. The van der Waals surface area contributed by atoms with E-state index in [2.05, 4.69) is 11.0 Å². The molecule has 17 nitrogen and oxygen atoms in total. The number of amides is 6. The van der Waals surface area contributed by atoms with Crippen LogP contribution in [0.3, 0.4) is 0 Å². The molecule has 248 valence electrons. The number of nitrogens with zero attached hydrogens (tertiary/aromatic N) is 4. The van der Waals surface area contributed by atoms with Crippen LogP contribution < -0.4 is 11.0 Å². The van der Waals surface area contributed by atoms with Gasteiger partial charge in [0.05, 0.1) is 12.1 Å². The Morgan fingerprint density at radius 1 is 0.727 bits per heavy atom. The third-order valence-electron chi connectivity index (χ3n) is 7.17. The van der Waals surface area contributed by atoms with Crippen LogP contribution in [0.1, 0.15) is 67.2 Å². The summed E-state index contributed by atoms with van der Waals surface area (Å²) < 4.78 is 10.1. The number of nitrogens with one attached hydrogen (secondary N) is 2. The number of hydrogen-bond acceptors (Lipinski definition) is 11. The Hall–Kier alpha value is -3.70. The van der Waals surface area contributed by atoms with Gasteiger partial charge in [-0.2, -0.15) is 0 Å². The molecule has 0 spiro atoms. The highest BCUT2D eigenvalue weighted by Crippen LogP contribution is 2.29. The highest BCUT2D eigenvalue weighted by Gasteiger charge is 2.47. The summed E-state index contributed by atoms with van der Waals surface area (Å²) >= 11 is 0. The minimum Gasteiger partial charge on any atom is -0.458 e. The number of likely N-dealkylation sites (N-methyl/N-ethyl adjacent to an activating group) is 1. The van der Waals surface area contributed by atoms with Crippen LogP contribution in [0, 0.1) is 0 Å². The van der Waals surface area contributed by atoms with E-state index < -0.39 is 59.7 Å². The maximum atomic E-state index is 12.1. The molecular formula is C27H44N6O11. The molecule has 4 heterocycles. The Bertz CT molecular complexity index is 1030. The smallest absolute Gasteiger partial charge is 0.344 e. The second-order valence-electron chi connectivity index (χ2n) is 13.0. The molecule has 4 saturated heterocycles. The van der Waals surface area contributed by atoms with Crippen LogP contribution in [0.2, 0.25) is 0 Å². The minimum absolute atomic E-state index is 0.144. The SMILES string of the molecule is CC(C)(C)OC(=O)CONC(=O)[C@@H]1CC[C@@H]2CN1C(=O)N2O.CN1C(=O)N2C[C@H]1CC[C@H]2C(=O)NOCC(=O)OC(C)(C)C. The average molecular weight is 629 g/mol. The van der Waals surface area contributed by atoms with Crippen LogP contribution in [0.5, 0.6) is 0 Å². The van der Waals surface area contributed by atoms with Gasteiger partial charge in [0.25, 0.3) is 11.8 Å². The summed E-state index contributed by atoms with van der Waals surface area (Å²) in [5.74, 6) is -2.10. The first kappa shape index (κ1) is 34.8. The van der Waals surface area contributed by atoms with Crippen LogP contribution in [0.25, 0.3) is 0 Å². The first-order valence-corrected chi connectivity index (χ1v) is 14.5. The molecule has 4 rings (SSSR count). The normalized spacial score (nSPS) is 24.5. The van der Waals surface area contributed by atoms with E-state index in [1.165, 1.54) is 4.90 Å². The number of piperidine rings is 2. The number of urea groups is 2. The van der Waals surface area contributed by atoms with Crippen LogP contribution in [0.4, 0.5) is 9.59 Å². The zero-order chi connectivity index (χ0) is 33.0. The Morgan fingerprint density at radius 2 is 1.14 bits per heavy atom. The molecule has 0 unspecified atom stereocenters. The van der Waals surface area contributed by atoms with E-state index >= 15 is 0 Å². The van der Waals surface area contributed by atoms with Crippen molar-refractivity contribution in [2.45, 2.75) is 103 Å². The van der Waals surface area contributed by atoms with Crippen molar-refractivity contribution in [3.05, 3.63) is 0 Å². The summed E-state index contributed by atoms with van der Waals surface area (Å²) in [6, 6.07) is -2.07. The van der Waals surface area contributed by atoms with Crippen molar-refractivity contribution < 1.29 is 53.1 Å². The van der Waals surface area contributed by atoms with Gasteiger partial charge < -0.3 is 24.2 Å². The topological polar surface area (TPSA) is 197 Å². The van der Waals surface area contributed by atoms with Crippen LogP contribution in [-0.2, 0) is 38.3 Å². The molecule has 0 aromatic heterocycles. The Kier molecular flexibility index (Phi) is 11.0. The van der Waals surface area contributed by atoms with Gasteiger partial charge in [0, 0.05) is 20.1 Å². The average Bonchev–Trinajstić information content (AvgIpc) is 3.26. The van der Waals surface area contributed by atoms with Crippen molar-refractivity contribution in [2.75, 3.05) is 33.4 Å². The molecule has 4 aliphatic rings. The fourth-order valence-corrected chi connectivity index (χ4v) is 5.24. The van der Waals surface area contributed by atoms with Gasteiger partial charge in [-0.25, -0.2) is 35.2 Å². The lowest BCUT2D eigenvalue weighted by Crippen LogP contribution is -2.50. The first-order chi connectivity index (χ1) is 20.4. The number of rotatable bonds is 8. The third kappa shape index (κ3) is 9.15. The van der Waals surface area contributed by atoms with E-state index in [9.17, 15) is 34.0 Å². The molecule has 3 N–H and O–H groups in total. The number of esters is 2. The third-order valence-corrected chi connectivity index (χ3v) is 7.17. The molecule has 0 aromatic rings. The van der Waals surface area contributed by atoms with Crippen LogP contribution in [-0.4, -0.2) is 130 Å². The fourth-order valence-electron chi connectivity index (χ4n) is 5.24. The van der Waals surface area contributed by atoms with Gasteiger partial charge in [-0.1, -0.05) is 0 Å². The molecule has 6 amide bonds. The summed E-state index contributed by atoms with van der Waals surface area (Å²) in [5.41, 5.74) is 3.16. The lowest BCUT2D eigenvalue weighted by molar-refractivity contribution is -0.166. The van der Waals surface area contributed by atoms with Crippen molar-refractivity contribution in [3.8, 4) is 0 Å². The molecule has 44 heavy (non-hydrogen) atoms. The van der Waals surface area contributed by atoms with Gasteiger partial charge in [-0.3, -0.25) is 24.5 Å². The van der Waals surface area contributed by atoms with Crippen molar-refractivity contribution >= 4 is 35.8 Å². The maximum absolute atomic E-state index is 12.1. The summed E-state index contributed by atoms with van der Waals surface area (Å²) in [6.07, 6.45) is 2.32. The molecular weight excluding hydrogens is 584 g/mol. The molecule has 0 aliphatic carbocycles. The van der Waals surface area contributed by atoms with Crippen molar-refractivity contribution in [1.82, 2.24) is 30.7 Å². The van der Waals surface area contributed by atoms with E-state index in [1.54, 1.807) is 58.4 Å². The molecule has 17 heteroatoms. The summed E-state index contributed by atoms with van der Waals surface area (Å²) in [4.78, 5) is 85.0. The quantitative estimate of drug-likeness (QED) is 0.190. The van der Waals surface area contributed by atoms with E-state index in [-0.39, 0.29) is 24.7 Å². The van der Waals surface area contributed by atoms with Gasteiger partial charge in [-0.15, -0.1) is 0 Å². The summed E-state index contributed by atoms with van der Waals surface area (Å²) in [5, 5.41) is 10.2. The van der Waals surface area contributed by atoms with Crippen molar-refractivity contribution in [1.29, 1.82) is 0 Å². The molecule has 4 atom stereocenters. The number of ether oxygens (including phenoxy) is 2. The molecule has 0 radical (unpaired) electrons. The van der Waals surface area contributed by atoms with Gasteiger partial charge in [0.15, 0.2) is 13.2 Å². The zero-order valence-corrected chi connectivity index (χ0v) is 26.3. The molecule has 4 fully saturated rings. The van der Waals surface area contributed by atoms with E-state index in [1.807, 2.05) is 0 Å². The highest BCUT2D eigenvalue weighted by atomic mass is 16.7. The van der Waals surface area contributed by atoms with Crippen molar-refractivity contribution in [3.63, 3.8) is 0 Å². The van der Waals surface area contributed by atoms with Crippen LogP contribution in [0.15, 0.2) is 0 Å². The molecule has 0 aromatic carbocycles. The monoisotopic (exact) mass is 628 g/mol. The van der Waals surface area contributed by atoms with E-state index in [0.29, 0.717) is 37.4 Å². The number of carbonyl (C=O) groups is 6. The largest absolute Gasteiger partial charge is 0.458 e. The Labute approximate surface area is 255 Å². The van der Waals surface area contributed by atoms with Gasteiger partial charge in [0.2, 0.25) is 0 Å². The second kappa shape index (κ2) is 13.9. The highest BCUT2D eigenvalue weighted by molar-refractivity contribution is 5.89. The molecule has 4 aliphatic heterocycles. The summed E-state index contributed by atoms with van der Waals surface area (Å²) in [7, 11) is 1.74.